The zero-order valence-electron chi connectivity index (χ0n) is 17.1. The van der Waals surface area contributed by atoms with Gasteiger partial charge in [0.25, 0.3) is 5.91 Å². The number of carbonyl (C=O) groups is 1. The second kappa shape index (κ2) is 7.13. The van der Waals surface area contributed by atoms with E-state index in [0.29, 0.717) is 6.54 Å². The molecule has 4 heteroatoms. The van der Waals surface area contributed by atoms with Crippen molar-refractivity contribution in [3.63, 3.8) is 0 Å². The summed E-state index contributed by atoms with van der Waals surface area (Å²) in [6, 6.07) is 22.6. The Morgan fingerprint density at radius 2 is 1.63 bits per heavy atom. The third-order valence-electron chi connectivity index (χ3n) is 6.06. The van der Waals surface area contributed by atoms with E-state index in [9.17, 15) is 9.18 Å². The average Bonchev–Trinajstić information content (AvgIpc) is 3.21. The number of hydrogen-bond acceptors (Lipinski definition) is 1. The molecule has 0 bridgehead atoms. The summed E-state index contributed by atoms with van der Waals surface area (Å²) in [5.74, 6) is -0.177. The highest BCUT2D eigenvalue weighted by molar-refractivity contribution is 6.02. The van der Waals surface area contributed by atoms with Gasteiger partial charge in [-0.1, -0.05) is 43.3 Å². The molecule has 30 heavy (non-hydrogen) atoms. The van der Waals surface area contributed by atoms with Crippen LogP contribution in [0.5, 0.6) is 0 Å². The van der Waals surface area contributed by atoms with E-state index in [2.05, 4.69) is 29.7 Å². The Labute approximate surface area is 175 Å². The number of benzene rings is 3. The van der Waals surface area contributed by atoms with Crippen molar-refractivity contribution < 1.29 is 9.18 Å². The van der Waals surface area contributed by atoms with Gasteiger partial charge in [-0.3, -0.25) is 4.79 Å². The van der Waals surface area contributed by atoms with Gasteiger partial charge in [-0.15, -0.1) is 0 Å². The quantitative estimate of drug-likeness (QED) is 0.418. The molecule has 0 fully saturated rings. The van der Waals surface area contributed by atoms with E-state index < -0.39 is 0 Å². The fourth-order valence-corrected chi connectivity index (χ4v) is 4.81. The van der Waals surface area contributed by atoms with Crippen molar-refractivity contribution in [3.05, 3.63) is 95.3 Å². The van der Waals surface area contributed by atoms with Gasteiger partial charge in [-0.2, -0.15) is 0 Å². The number of para-hydroxylation sites is 1. The summed E-state index contributed by atoms with van der Waals surface area (Å²) in [7, 11) is 2.04. The minimum atomic E-state index is -0.256. The van der Waals surface area contributed by atoms with Gasteiger partial charge in [0.1, 0.15) is 5.82 Å². The van der Waals surface area contributed by atoms with Gasteiger partial charge in [0, 0.05) is 35.6 Å². The minimum Gasteiger partial charge on any atom is -0.343 e. The maximum absolute atomic E-state index is 13.7. The fraction of sp³-hybridized carbons (Fsp3) is 0.192. The lowest BCUT2D eigenvalue weighted by Gasteiger charge is -2.26. The maximum atomic E-state index is 13.7. The van der Waals surface area contributed by atoms with Crippen molar-refractivity contribution in [1.29, 1.82) is 0 Å². The Bertz CT molecular complexity index is 1260. The topological polar surface area (TPSA) is 25.2 Å². The van der Waals surface area contributed by atoms with Gasteiger partial charge >= 0.3 is 0 Å². The zero-order valence-corrected chi connectivity index (χ0v) is 17.1. The summed E-state index contributed by atoms with van der Waals surface area (Å²) in [4.78, 5) is 15.3. The van der Waals surface area contributed by atoms with Crippen LogP contribution in [0.3, 0.4) is 0 Å². The van der Waals surface area contributed by atoms with Crippen molar-refractivity contribution >= 4 is 16.8 Å². The van der Waals surface area contributed by atoms with E-state index in [1.54, 1.807) is 0 Å². The number of aryl methyl sites for hydroxylation is 1. The van der Waals surface area contributed by atoms with Crippen LogP contribution in [0.1, 0.15) is 40.9 Å². The Morgan fingerprint density at radius 3 is 2.40 bits per heavy atom. The standard InChI is InChI=1S/C26H23FN2O/c1-3-16-29-25(19-8-4-5-9-20(19)26(29)30)23-21-10-6-7-11-22(21)28(2)24(23)17-12-14-18(27)15-13-17/h4-15,25H,3,16H2,1-2H3. The zero-order chi connectivity index (χ0) is 20.8. The lowest BCUT2D eigenvalue weighted by Crippen LogP contribution is -2.29. The number of amides is 1. The number of carbonyl (C=O) groups excluding carboxylic acids is 1. The molecule has 3 nitrogen and oxygen atoms in total. The second-order valence-corrected chi connectivity index (χ2v) is 7.83. The number of rotatable bonds is 4. The summed E-state index contributed by atoms with van der Waals surface area (Å²) >= 11 is 0. The van der Waals surface area contributed by atoms with Gasteiger partial charge in [-0.25, -0.2) is 4.39 Å². The molecule has 4 aromatic rings. The summed E-state index contributed by atoms with van der Waals surface area (Å²) in [6.07, 6.45) is 0.882. The van der Waals surface area contributed by atoms with Crippen LogP contribution in [0.15, 0.2) is 72.8 Å². The molecule has 5 rings (SSSR count). The summed E-state index contributed by atoms with van der Waals surface area (Å²) in [5.41, 5.74) is 5.97. The van der Waals surface area contributed by atoms with Crippen LogP contribution in [0.2, 0.25) is 0 Å². The lowest BCUT2D eigenvalue weighted by molar-refractivity contribution is 0.0751. The van der Waals surface area contributed by atoms with Crippen LogP contribution in [-0.2, 0) is 7.05 Å². The van der Waals surface area contributed by atoms with Gasteiger partial charge < -0.3 is 9.47 Å². The third kappa shape index (κ3) is 2.67. The first-order chi connectivity index (χ1) is 14.6. The fourth-order valence-electron chi connectivity index (χ4n) is 4.81. The molecular weight excluding hydrogens is 375 g/mol. The van der Waals surface area contributed by atoms with Crippen molar-refractivity contribution in [2.45, 2.75) is 19.4 Å². The molecule has 150 valence electrons. The Hall–Kier alpha value is -3.40. The number of halogens is 1. The summed E-state index contributed by atoms with van der Waals surface area (Å²) in [5, 5.41) is 1.12. The van der Waals surface area contributed by atoms with Crippen molar-refractivity contribution in [2.24, 2.45) is 7.05 Å². The van der Waals surface area contributed by atoms with Crippen molar-refractivity contribution in [1.82, 2.24) is 9.47 Å². The number of fused-ring (bicyclic) bond motifs is 2. The smallest absolute Gasteiger partial charge is 0.255 e. The maximum Gasteiger partial charge on any atom is 0.255 e. The molecule has 1 amide bonds. The van der Waals surface area contributed by atoms with E-state index in [1.807, 2.05) is 54.4 Å². The van der Waals surface area contributed by atoms with E-state index >= 15 is 0 Å². The van der Waals surface area contributed by atoms with Crippen LogP contribution in [0, 0.1) is 5.82 Å². The molecule has 3 aromatic carbocycles. The Morgan fingerprint density at radius 1 is 0.933 bits per heavy atom. The van der Waals surface area contributed by atoms with Crippen LogP contribution in [-0.4, -0.2) is 21.9 Å². The number of aromatic nitrogens is 1. The first kappa shape index (κ1) is 18.6. The predicted octanol–water partition coefficient (Wildman–Crippen LogP) is 5.94. The number of hydrogen-bond donors (Lipinski definition) is 0. The van der Waals surface area contributed by atoms with Crippen LogP contribution in [0.4, 0.5) is 4.39 Å². The lowest BCUT2D eigenvalue weighted by atomic mass is 9.93. The van der Waals surface area contributed by atoms with Crippen LogP contribution >= 0.6 is 0 Å². The van der Waals surface area contributed by atoms with Gasteiger partial charge in [0.05, 0.1) is 11.7 Å². The average molecular weight is 398 g/mol. The van der Waals surface area contributed by atoms with Crippen molar-refractivity contribution in [3.8, 4) is 11.3 Å². The molecular formula is C26H23FN2O. The molecule has 0 aliphatic carbocycles. The third-order valence-corrected chi connectivity index (χ3v) is 6.06. The first-order valence-corrected chi connectivity index (χ1v) is 10.3. The van der Waals surface area contributed by atoms with E-state index in [4.69, 9.17) is 0 Å². The Kier molecular flexibility index (Phi) is 4.43. The monoisotopic (exact) mass is 398 g/mol. The Balaban J connectivity index is 1.85. The largest absolute Gasteiger partial charge is 0.343 e. The highest BCUT2D eigenvalue weighted by atomic mass is 19.1. The molecule has 1 aromatic heterocycles. The van der Waals surface area contributed by atoms with E-state index in [-0.39, 0.29) is 17.8 Å². The molecule has 0 spiro atoms. The van der Waals surface area contributed by atoms with E-state index in [1.165, 1.54) is 12.1 Å². The molecule has 0 saturated carbocycles. The van der Waals surface area contributed by atoms with E-state index in [0.717, 1.165) is 45.3 Å². The minimum absolute atomic E-state index is 0.0791. The molecule has 1 atom stereocenters. The first-order valence-electron chi connectivity index (χ1n) is 10.3. The molecule has 0 N–H and O–H groups in total. The second-order valence-electron chi connectivity index (χ2n) is 7.83. The molecule has 1 aliphatic rings. The molecule has 1 aliphatic heterocycles. The summed E-state index contributed by atoms with van der Waals surface area (Å²) < 4.78 is 15.8. The molecule has 2 heterocycles. The normalized spacial score (nSPS) is 15.8. The van der Waals surface area contributed by atoms with Crippen LogP contribution in [0.25, 0.3) is 22.2 Å². The highest BCUT2D eigenvalue weighted by Crippen LogP contribution is 2.46. The predicted molar refractivity (Wildman–Crippen MR) is 118 cm³/mol. The van der Waals surface area contributed by atoms with Crippen molar-refractivity contribution in [2.75, 3.05) is 6.54 Å². The van der Waals surface area contributed by atoms with Gasteiger partial charge in [0.15, 0.2) is 0 Å². The molecule has 0 radical (unpaired) electrons. The van der Waals surface area contributed by atoms with Crippen LogP contribution < -0.4 is 0 Å². The summed E-state index contributed by atoms with van der Waals surface area (Å²) in [6.45, 7) is 2.78. The molecule has 0 saturated heterocycles. The van der Waals surface area contributed by atoms with Gasteiger partial charge in [0.2, 0.25) is 0 Å². The SMILES string of the molecule is CCCN1C(=O)c2ccccc2C1c1c(-c2ccc(F)cc2)n(C)c2ccccc12. The van der Waals surface area contributed by atoms with Gasteiger partial charge in [-0.05, 0) is 53.9 Å². The highest BCUT2D eigenvalue weighted by Gasteiger charge is 2.40. The molecule has 1 unspecified atom stereocenters. The number of nitrogens with zero attached hydrogens (tertiary/aromatic N) is 2.